The second kappa shape index (κ2) is 7.87. The van der Waals surface area contributed by atoms with Crippen LogP contribution in [0.4, 0.5) is 0 Å². The van der Waals surface area contributed by atoms with Crippen molar-refractivity contribution in [2.45, 2.75) is 26.4 Å². The summed E-state index contributed by atoms with van der Waals surface area (Å²) in [6.45, 7) is 4.65. The summed E-state index contributed by atoms with van der Waals surface area (Å²) in [6.07, 6.45) is 4.82. The van der Waals surface area contributed by atoms with Gasteiger partial charge in [-0.2, -0.15) is 5.10 Å². The van der Waals surface area contributed by atoms with Crippen LogP contribution in [0.2, 0.25) is 0 Å². The third-order valence-corrected chi connectivity index (χ3v) is 3.98. The minimum absolute atomic E-state index is 0.162. The van der Waals surface area contributed by atoms with Crippen molar-refractivity contribution in [3.63, 3.8) is 0 Å². The molecule has 0 fully saturated rings. The number of carbonyl (C=O) groups is 1. The Morgan fingerprint density at radius 2 is 1.96 bits per heavy atom. The van der Waals surface area contributed by atoms with E-state index in [-0.39, 0.29) is 5.78 Å². The first-order chi connectivity index (χ1) is 12.5. The molecule has 134 valence electrons. The minimum atomic E-state index is -0.162. The molecule has 0 saturated heterocycles. The van der Waals surface area contributed by atoms with Gasteiger partial charge < -0.3 is 9.15 Å². The fourth-order valence-electron chi connectivity index (χ4n) is 2.45. The van der Waals surface area contributed by atoms with Crippen LogP contribution in [-0.2, 0) is 13.7 Å². The summed E-state index contributed by atoms with van der Waals surface area (Å²) >= 11 is 0. The van der Waals surface area contributed by atoms with E-state index in [1.54, 1.807) is 30.1 Å². The third-order valence-electron chi connectivity index (χ3n) is 3.98. The summed E-state index contributed by atoms with van der Waals surface area (Å²) in [5.74, 6) is 2.43. The number of nitrogens with zero attached hydrogens (tertiary/aromatic N) is 2. The molecule has 5 nitrogen and oxygen atoms in total. The van der Waals surface area contributed by atoms with Gasteiger partial charge in [0.25, 0.3) is 0 Å². The van der Waals surface area contributed by atoms with E-state index in [0.717, 1.165) is 5.75 Å². The molecule has 0 unspecified atom stereocenters. The molecule has 5 heteroatoms. The topological polar surface area (TPSA) is 57.3 Å². The van der Waals surface area contributed by atoms with Gasteiger partial charge in [0.05, 0.1) is 0 Å². The molecule has 0 aliphatic rings. The lowest BCUT2D eigenvalue weighted by molar-refractivity contribution is 0.104. The Balaban J connectivity index is 1.56. The number of ether oxygens (including phenoxy) is 1. The Hall–Kier alpha value is -3.08. The normalized spacial score (nSPS) is 11.4. The van der Waals surface area contributed by atoms with Gasteiger partial charge in [-0.1, -0.05) is 26.0 Å². The van der Waals surface area contributed by atoms with E-state index in [9.17, 15) is 4.79 Å². The smallest absolute Gasteiger partial charge is 0.206 e. The monoisotopic (exact) mass is 350 g/mol. The molecule has 0 aliphatic carbocycles. The van der Waals surface area contributed by atoms with Crippen LogP contribution in [-0.4, -0.2) is 15.6 Å². The third kappa shape index (κ3) is 4.51. The minimum Gasteiger partial charge on any atom is -0.486 e. The number of aromatic nitrogens is 2. The summed E-state index contributed by atoms with van der Waals surface area (Å²) < 4.78 is 13.0. The van der Waals surface area contributed by atoms with Gasteiger partial charge in [0.2, 0.25) is 5.78 Å². The van der Waals surface area contributed by atoms with Crippen LogP contribution in [0.5, 0.6) is 5.75 Å². The number of rotatable bonds is 7. The largest absolute Gasteiger partial charge is 0.486 e. The van der Waals surface area contributed by atoms with Gasteiger partial charge in [-0.05, 0) is 54.0 Å². The molecular weight excluding hydrogens is 328 g/mol. The molecule has 0 saturated carbocycles. The fourth-order valence-corrected chi connectivity index (χ4v) is 2.45. The molecule has 0 N–H and O–H groups in total. The zero-order valence-corrected chi connectivity index (χ0v) is 15.2. The Labute approximate surface area is 152 Å². The highest BCUT2D eigenvalue weighted by Gasteiger charge is 2.06. The van der Waals surface area contributed by atoms with E-state index in [2.05, 4.69) is 31.1 Å². The van der Waals surface area contributed by atoms with Crippen molar-refractivity contribution in [1.29, 1.82) is 0 Å². The first-order valence-corrected chi connectivity index (χ1v) is 8.55. The SMILES string of the molecule is CC(C)c1ccc(OCc2ccc(/C=C/C(=O)c3ccn(C)n3)o2)cc1. The number of benzene rings is 1. The van der Waals surface area contributed by atoms with E-state index in [1.165, 1.54) is 11.6 Å². The van der Waals surface area contributed by atoms with E-state index in [1.807, 2.05) is 24.3 Å². The van der Waals surface area contributed by atoms with Crippen LogP contribution in [0.1, 0.15) is 47.3 Å². The molecule has 2 heterocycles. The summed E-state index contributed by atoms with van der Waals surface area (Å²) in [4.78, 5) is 12.0. The summed E-state index contributed by atoms with van der Waals surface area (Å²) in [6, 6.07) is 13.4. The van der Waals surface area contributed by atoms with Crippen molar-refractivity contribution in [3.8, 4) is 5.75 Å². The molecule has 0 spiro atoms. The standard InChI is InChI=1S/C21H22N2O3/c1-15(2)16-4-6-17(7-5-16)25-14-19-9-8-18(26-19)10-11-21(24)20-12-13-23(3)22-20/h4-13,15H,14H2,1-3H3/b11-10+. The number of hydrogen-bond acceptors (Lipinski definition) is 4. The van der Waals surface area contributed by atoms with Crippen molar-refractivity contribution in [2.24, 2.45) is 7.05 Å². The molecule has 1 aromatic carbocycles. The molecule has 26 heavy (non-hydrogen) atoms. The van der Waals surface area contributed by atoms with Crippen LogP contribution in [0.25, 0.3) is 6.08 Å². The van der Waals surface area contributed by atoms with Gasteiger partial charge >= 0.3 is 0 Å². The molecule has 3 rings (SSSR count). The van der Waals surface area contributed by atoms with Crippen molar-refractivity contribution >= 4 is 11.9 Å². The lowest BCUT2D eigenvalue weighted by Crippen LogP contribution is -1.97. The summed E-state index contributed by atoms with van der Waals surface area (Å²) in [7, 11) is 1.77. The Bertz CT molecular complexity index is 901. The first kappa shape index (κ1) is 17.7. The molecule has 0 bridgehead atoms. The quantitative estimate of drug-likeness (QED) is 0.461. The Morgan fingerprint density at radius 3 is 2.62 bits per heavy atom. The number of allylic oxidation sites excluding steroid dienone is 1. The van der Waals surface area contributed by atoms with E-state index in [0.29, 0.717) is 29.7 Å². The van der Waals surface area contributed by atoms with E-state index in [4.69, 9.17) is 9.15 Å². The second-order valence-corrected chi connectivity index (χ2v) is 6.39. The van der Waals surface area contributed by atoms with Crippen LogP contribution < -0.4 is 4.74 Å². The molecule has 0 aliphatic heterocycles. The van der Waals surface area contributed by atoms with Crippen molar-refractivity contribution in [3.05, 3.63) is 77.5 Å². The van der Waals surface area contributed by atoms with Gasteiger partial charge in [-0.25, -0.2) is 0 Å². The first-order valence-electron chi connectivity index (χ1n) is 8.55. The zero-order valence-electron chi connectivity index (χ0n) is 15.2. The maximum Gasteiger partial charge on any atom is 0.206 e. The van der Waals surface area contributed by atoms with Crippen molar-refractivity contribution in [1.82, 2.24) is 9.78 Å². The number of aryl methyl sites for hydroxylation is 1. The van der Waals surface area contributed by atoms with Gasteiger partial charge in [0, 0.05) is 13.2 Å². The van der Waals surface area contributed by atoms with E-state index >= 15 is 0 Å². The second-order valence-electron chi connectivity index (χ2n) is 6.39. The highest BCUT2D eigenvalue weighted by atomic mass is 16.5. The molecule has 3 aromatic rings. The lowest BCUT2D eigenvalue weighted by atomic mass is 10.0. The van der Waals surface area contributed by atoms with E-state index < -0.39 is 0 Å². The molecular formula is C21H22N2O3. The predicted octanol–water partition coefficient (Wildman–Crippen LogP) is 4.61. The molecule has 0 radical (unpaired) electrons. The number of carbonyl (C=O) groups excluding carboxylic acids is 1. The molecule has 0 amide bonds. The van der Waals surface area contributed by atoms with Crippen LogP contribution in [0.15, 0.2) is 59.2 Å². The maximum absolute atomic E-state index is 12.0. The zero-order chi connectivity index (χ0) is 18.5. The Kier molecular flexibility index (Phi) is 5.37. The van der Waals surface area contributed by atoms with Crippen LogP contribution in [0, 0.1) is 0 Å². The lowest BCUT2D eigenvalue weighted by Gasteiger charge is -2.07. The summed E-state index contributed by atoms with van der Waals surface area (Å²) in [5, 5.41) is 4.07. The van der Waals surface area contributed by atoms with Crippen LogP contribution in [0.3, 0.4) is 0 Å². The average Bonchev–Trinajstić information content (AvgIpc) is 3.27. The molecule has 0 atom stereocenters. The van der Waals surface area contributed by atoms with Crippen LogP contribution >= 0.6 is 0 Å². The number of hydrogen-bond donors (Lipinski definition) is 0. The summed E-state index contributed by atoms with van der Waals surface area (Å²) in [5.41, 5.74) is 1.68. The average molecular weight is 350 g/mol. The van der Waals surface area contributed by atoms with Gasteiger partial charge in [-0.15, -0.1) is 0 Å². The Morgan fingerprint density at radius 1 is 1.19 bits per heavy atom. The highest BCUT2D eigenvalue weighted by molar-refractivity contribution is 6.05. The van der Waals surface area contributed by atoms with Crippen molar-refractivity contribution < 1.29 is 13.9 Å². The van der Waals surface area contributed by atoms with Gasteiger partial charge in [-0.3, -0.25) is 9.48 Å². The van der Waals surface area contributed by atoms with Crippen molar-refractivity contribution in [2.75, 3.05) is 0 Å². The van der Waals surface area contributed by atoms with Gasteiger partial charge in [0.15, 0.2) is 0 Å². The molecule has 2 aromatic heterocycles. The number of furan rings is 1. The number of ketones is 1. The fraction of sp³-hybridized carbons (Fsp3) is 0.238. The predicted molar refractivity (Wildman–Crippen MR) is 100 cm³/mol. The maximum atomic E-state index is 12.0. The van der Waals surface area contributed by atoms with Gasteiger partial charge in [0.1, 0.15) is 29.6 Å². The highest BCUT2D eigenvalue weighted by Crippen LogP contribution is 2.20.